The Morgan fingerprint density at radius 2 is 1.84 bits per heavy atom. The smallest absolute Gasteiger partial charge is 0.360 e. The van der Waals surface area contributed by atoms with Gasteiger partial charge in [0, 0.05) is 33.4 Å². The molecule has 11 nitrogen and oxygen atoms in total. The Hall–Kier alpha value is -3.99. The van der Waals surface area contributed by atoms with E-state index in [0.717, 1.165) is 34.7 Å². The second-order valence-corrected chi connectivity index (χ2v) is 12.3. The van der Waals surface area contributed by atoms with Crippen LogP contribution < -0.4 is 0 Å². The number of pyridine rings is 1. The van der Waals surface area contributed by atoms with Crippen molar-refractivity contribution in [2.75, 3.05) is 20.2 Å². The summed E-state index contributed by atoms with van der Waals surface area (Å²) in [5.41, 5.74) is -0.934. The van der Waals surface area contributed by atoms with Crippen molar-refractivity contribution < 1.29 is 35.8 Å². The third-order valence-corrected chi connectivity index (χ3v) is 9.72. The molecule has 0 bridgehead atoms. The van der Waals surface area contributed by atoms with Crippen molar-refractivity contribution in [3.05, 3.63) is 88.9 Å². The van der Waals surface area contributed by atoms with Gasteiger partial charge in [-0.1, -0.05) is 5.57 Å². The molecule has 0 amide bonds. The fraction of sp³-hybridized carbons (Fsp3) is 0.333. The monoisotopic (exact) mass is 619 g/mol. The number of ether oxygens (including phenoxy) is 1. The Bertz CT molecular complexity index is 1840. The Balaban J connectivity index is 1.53. The van der Waals surface area contributed by atoms with Crippen LogP contribution in [0.3, 0.4) is 0 Å². The van der Waals surface area contributed by atoms with Crippen LogP contribution in [0.2, 0.25) is 0 Å². The number of benzene rings is 1. The van der Waals surface area contributed by atoms with Gasteiger partial charge in [0.2, 0.25) is 10.8 Å². The zero-order valence-corrected chi connectivity index (χ0v) is 23.6. The minimum absolute atomic E-state index is 0.0255. The Morgan fingerprint density at radius 1 is 1.09 bits per heavy atom. The van der Waals surface area contributed by atoms with E-state index in [4.69, 9.17) is 4.74 Å². The van der Waals surface area contributed by atoms with Crippen LogP contribution in [0, 0.1) is 11.2 Å². The summed E-state index contributed by atoms with van der Waals surface area (Å²) in [5.74, 6) is -2.95. The molecule has 16 heteroatoms. The molecular weight excluding hydrogens is 594 g/mol. The molecule has 0 saturated carbocycles. The van der Waals surface area contributed by atoms with Gasteiger partial charge in [-0.15, -0.1) is 5.10 Å². The van der Waals surface area contributed by atoms with Crippen molar-refractivity contribution in [2.24, 2.45) is 12.5 Å². The predicted octanol–water partition coefficient (Wildman–Crippen LogP) is 3.07. The molecule has 1 fully saturated rings. The molecule has 226 valence electrons. The van der Waals surface area contributed by atoms with E-state index in [-0.39, 0.29) is 31.0 Å². The van der Waals surface area contributed by atoms with Gasteiger partial charge in [0.25, 0.3) is 10.0 Å². The van der Waals surface area contributed by atoms with E-state index >= 15 is 0 Å². The lowest BCUT2D eigenvalue weighted by Gasteiger charge is -2.53. The average Bonchev–Trinajstić information content (AvgIpc) is 3.61. The number of aryl methyl sites for hydroxylation is 1. The highest BCUT2D eigenvalue weighted by Crippen LogP contribution is 2.55. The molecule has 1 saturated heterocycles. The second kappa shape index (κ2) is 10.0. The number of fused-ring (bicyclic) bond motifs is 2. The lowest BCUT2D eigenvalue weighted by Crippen LogP contribution is -2.60. The van der Waals surface area contributed by atoms with E-state index in [0.29, 0.717) is 28.6 Å². The molecule has 1 N–H and O–H groups in total. The Morgan fingerprint density at radius 3 is 2.49 bits per heavy atom. The van der Waals surface area contributed by atoms with E-state index in [2.05, 4.69) is 20.3 Å². The van der Waals surface area contributed by atoms with E-state index in [1.54, 1.807) is 10.8 Å². The summed E-state index contributed by atoms with van der Waals surface area (Å²) < 4.78 is 90.5. The molecule has 4 heterocycles. The standard InChI is InChI=1S/C27H25F4N7O4S/c1-36-33-15-24(35-36)43(40,41)37-10-8-18-11-22-17(14-34-38(22)21-5-3-20(28)4-6-21)13-25(18,16-37)26(39,42-2)23-12-19(7-9-32-23)27(29,30)31/h3-7,9,11-12,14-15,39H,8,10,13,16H2,1-2H3/t25?,26-/m1/s1. The van der Waals surface area contributed by atoms with Gasteiger partial charge in [0.1, 0.15) is 11.5 Å². The molecule has 3 aromatic heterocycles. The quantitative estimate of drug-likeness (QED) is 0.258. The highest BCUT2D eigenvalue weighted by atomic mass is 32.2. The number of sulfonamides is 1. The van der Waals surface area contributed by atoms with Crippen molar-refractivity contribution in [1.29, 1.82) is 0 Å². The Labute approximate surface area is 243 Å². The zero-order chi connectivity index (χ0) is 30.8. The van der Waals surface area contributed by atoms with Crippen molar-refractivity contribution in [1.82, 2.24) is 34.1 Å². The molecule has 6 rings (SSSR count). The first kappa shape index (κ1) is 29.1. The van der Waals surface area contributed by atoms with E-state index in [1.807, 2.05) is 0 Å². The highest BCUT2D eigenvalue weighted by Gasteiger charge is 2.60. The van der Waals surface area contributed by atoms with Crippen molar-refractivity contribution in [2.45, 2.75) is 29.8 Å². The summed E-state index contributed by atoms with van der Waals surface area (Å²) in [7, 11) is -1.66. The van der Waals surface area contributed by atoms with Crippen molar-refractivity contribution in [3.63, 3.8) is 0 Å². The number of hydrogen-bond donors (Lipinski definition) is 1. The molecule has 0 radical (unpaired) electrons. The first-order valence-corrected chi connectivity index (χ1v) is 14.4. The third-order valence-electron chi connectivity index (χ3n) is 8.01. The van der Waals surface area contributed by atoms with Gasteiger partial charge in [-0.25, -0.2) is 17.5 Å². The minimum atomic E-state index is -4.74. The molecule has 2 atom stereocenters. The largest absolute Gasteiger partial charge is 0.416 e. The van der Waals surface area contributed by atoms with Gasteiger partial charge >= 0.3 is 6.18 Å². The van der Waals surface area contributed by atoms with Crippen LogP contribution in [0.4, 0.5) is 17.6 Å². The number of piperidine rings is 1. The van der Waals surface area contributed by atoms with Crippen LogP contribution in [-0.4, -0.2) is 67.8 Å². The lowest BCUT2D eigenvalue weighted by molar-refractivity contribution is -0.268. The molecule has 2 aliphatic rings. The summed E-state index contributed by atoms with van der Waals surface area (Å²) >= 11 is 0. The number of alkyl halides is 3. The van der Waals surface area contributed by atoms with Crippen LogP contribution in [0.1, 0.15) is 28.9 Å². The summed E-state index contributed by atoms with van der Waals surface area (Å²) in [4.78, 5) is 5.16. The van der Waals surface area contributed by atoms with E-state index in [1.165, 1.54) is 37.5 Å². The summed E-state index contributed by atoms with van der Waals surface area (Å²) in [6.45, 7) is -0.413. The maximum absolute atomic E-state index is 13.7. The van der Waals surface area contributed by atoms with Crippen LogP contribution in [0.5, 0.6) is 0 Å². The van der Waals surface area contributed by atoms with Crippen LogP contribution in [-0.2, 0) is 40.2 Å². The van der Waals surface area contributed by atoms with Crippen LogP contribution in [0.25, 0.3) is 11.8 Å². The van der Waals surface area contributed by atoms with E-state index in [9.17, 15) is 31.1 Å². The molecule has 1 unspecified atom stereocenters. The fourth-order valence-electron chi connectivity index (χ4n) is 5.87. The topological polar surface area (TPSA) is 128 Å². The average molecular weight is 620 g/mol. The van der Waals surface area contributed by atoms with Gasteiger partial charge in [-0.2, -0.15) is 32.5 Å². The first-order chi connectivity index (χ1) is 20.3. The van der Waals surface area contributed by atoms with Gasteiger partial charge in [0.15, 0.2) is 0 Å². The minimum Gasteiger partial charge on any atom is -0.360 e. The number of hydrogen-bond acceptors (Lipinski definition) is 8. The molecule has 1 aliphatic heterocycles. The number of rotatable bonds is 6. The normalized spacial score (nSPS) is 20.7. The maximum atomic E-state index is 13.7. The molecule has 1 aromatic carbocycles. The predicted molar refractivity (Wildman–Crippen MR) is 142 cm³/mol. The summed E-state index contributed by atoms with van der Waals surface area (Å²) in [6, 6.07) is 7.11. The lowest BCUT2D eigenvalue weighted by atomic mass is 9.62. The van der Waals surface area contributed by atoms with E-state index < -0.39 is 44.5 Å². The molecule has 43 heavy (non-hydrogen) atoms. The summed E-state index contributed by atoms with van der Waals surface area (Å²) in [6.07, 6.45) is 0.503. The van der Waals surface area contributed by atoms with Gasteiger partial charge in [-0.3, -0.25) is 4.98 Å². The number of aromatic nitrogens is 6. The fourth-order valence-corrected chi connectivity index (χ4v) is 7.26. The van der Waals surface area contributed by atoms with Crippen LogP contribution in [0.15, 0.2) is 65.6 Å². The van der Waals surface area contributed by atoms with Crippen molar-refractivity contribution in [3.8, 4) is 5.69 Å². The Kier molecular flexibility index (Phi) is 6.79. The van der Waals surface area contributed by atoms with Crippen LogP contribution >= 0.6 is 0 Å². The van der Waals surface area contributed by atoms with Gasteiger partial charge in [-0.05, 0) is 60.9 Å². The molecule has 0 spiro atoms. The number of nitrogens with zero attached hydrogens (tertiary/aromatic N) is 7. The first-order valence-electron chi connectivity index (χ1n) is 13.0. The van der Waals surface area contributed by atoms with Gasteiger partial charge in [0.05, 0.1) is 34.8 Å². The highest BCUT2D eigenvalue weighted by molar-refractivity contribution is 7.89. The maximum Gasteiger partial charge on any atom is 0.416 e. The number of methoxy groups -OCH3 is 1. The van der Waals surface area contributed by atoms with Gasteiger partial charge < -0.3 is 9.84 Å². The molecule has 1 aliphatic carbocycles. The second-order valence-electron chi connectivity index (χ2n) is 10.4. The zero-order valence-electron chi connectivity index (χ0n) is 22.8. The molecule has 4 aromatic rings. The summed E-state index contributed by atoms with van der Waals surface area (Å²) in [5, 5.41) is 24.2. The number of aliphatic hydroxyl groups is 1. The van der Waals surface area contributed by atoms with Crippen molar-refractivity contribution >= 4 is 16.1 Å². The third kappa shape index (κ3) is 4.64. The number of halogens is 4. The SMILES string of the molecule is CO[C@](O)(c1cc(C(F)(F)F)ccn1)C12Cc3cnn(-c4ccc(F)cc4)c3C=C1CCN(S(=O)(=O)c1cnn(C)n1)C2. The molecular formula is C27H25F4N7O4S.